The van der Waals surface area contributed by atoms with Gasteiger partial charge in [-0.15, -0.1) is 17.6 Å². The van der Waals surface area contributed by atoms with E-state index < -0.39 is 0 Å². The summed E-state index contributed by atoms with van der Waals surface area (Å²) in [4.78, 5) is 27.4. The Balaban J connectivity index is -0.0000000583. The third-order valence-electron chi connectivity index (χ3n) is 1.78. The van der Waals surface area contributed by atoms with Gasteiger partial charge in [0.1, 0.15) is 9.74 Å². The number of nitroso groups, excluding NO2 is 2. The molecule has 0 aliphatic rings. The highest BCUT2D eigenvalue weighted by atomic mass is 16.3. The standard InChI is InChI=1S/C7H12.C4H6.C3H6N2.2C2H7N2O.C2H6N2/c1-6(2)5-7(3)4;1-3-4-2;1-4-3-5-2;2*1-3-4(2)5;1-3-4-2/h1-4H3;1-2H3;1-2H3;2*1-2H3,(H,3,5);1-2H3/q;;;2*+1;. The van der Waals surface area contributed by atoms with Crippen molar-refractivity contribution in [2.45, 2.75) is 41.5 Å². The maximum atomic E-state index is 9.62. The molecule has 0 aromatic rings. The number of aliphatic imine (C=N–C) groups is 2. The summed E-state index contributed by atoms with van der Waals surface area (Å²) in [6, 6.07) is 2.36. The van der Waals surface area contributed by atoms with E-state index in [0.717, 1.165) is 0 Å². The summed E-state index contributed by atoms with van der Waals surface area (Å²) in [6.07, 6.45) is 0. The van der Waals surface area contributed by atoms with Crippen LogP contribution in [0.2, 0.25) is 0 Å². The van der Waals surface area contributed by atoms with Crippen molar-refractivity contribution in [3.05, 3.63) is 26.7 Å². The Kier molecular flexibility index (Phi) is 61.8. The number of hydrazine groups is 2. The van der Waals surface area contributed by atoms with Crippen LogP contribution >= 0.6 is 0 Å². The van der Waals surface area contributed by atoms with Crippen LogP contribution in [-0.2, 0) is 0 Å². The third-order valence-corrected chi connectivity index (χ3v) is 1.78. The predicted molar refractivity (Wildman–Crippen MR) is 128 cm³/mol. The average Bonchev–Trinajstić information content (AvgIpc) is 2.69. The number of hydrogen-bond acceptors (Lipinski definition) is 6. The first-order chi connectivity index (χ1) is 13.9. The summed E-state index contributed by atoms with van der Waals surface area (Å²) in [6.45, 7) is 11.8. The molecule has 30 heavy (non-hydrogen) atoms. The molecule has 0 spiro atoms. The first-order valence-corrected chi connectivity index (χ1v) is 8.89. The summed E-state index contributed by atoms with van der Waals surface area (Å²) >= 11 is 0. The molecule has 0 saturated heterocycles. The lowest BCUT2D eigenvalue weighted by Gasteiger charge is -1.78. The Bertz CT molecular complexity index is 552. The second kappa shape index (κ2) is 44.9. The molecule has 0 rings (SSSR count). The Morgan fingerprint density at radius 2 is 0.933 bits per heavy atom. The molecule has 0 fully saturated rings. The molecule has 0 aliphatic heterocycles. The van der Waals surface area contributed by atoms with Crippen LogP contribution in [-0.4, -0.2) is 72.1 Å². The van der Waals surface area contributed by atoms with E-state index in [2.05, 4.69) is 54.6 Å². The van der Waals surface area contributed by atoms with Gasteiger partial charge in [-0.1, -0.05) is 0 Å². The van der Waals surface area contributed by atoms with Crippen LogP contribution < -0.4 is 10.9 Å². The minimum Gasteiger partial charge on any atom is -0.229 e. The molecule has 0 amide bonds. The molecular weight excluding hydrogens is 384 g/mol. The van der Waals surface area contributed by atoms with Gasteiger partial charge in [-0.25, -0.2) is 9.98 Å². The minimum absolute atomic E-state index is 0.625. The largest absolute Gasteiger partial charge is 0.229 e. The average molecular weight is 429 g/mol. The number of nitrogens with zero attached hydrogens (tertiary/aromatic N) is 6. The highest BCUT2D eigenvalue weighted by molar-refractivity contribution is 5.39. The molecular formula is C20H44N8O2+2. The lowest BCUT2D eigenvalue weighted by atomic mass is 10.3. The molecule has 0 heterocycles. The fourth-order valence-electron chi connectivity index (χ4n) is 0.600. The van der Waals surface area contributed by atoms with Crippen molar-refractivity contribution in [1.82, 2.24) is 10.9 Å². The van der Waals surface area contributed by atoms with Gasteiger partial charge in [0.2, 0.25) is 14.1 Å². The second-order valence-corrected chi connectivity index (χ2v) is 5.01. The lowest BCUT2D eigenvalue weighted by Crippen LogP contribution is -2.15. The monoisotopic (exact) mass is 428 g/mol. The molecule has 0 unspecified atom stereocenters. The maximum Gasteiger partial charge on any atom is 0.215 e. The van der Waals surface area contributed by atoms with Gasteiger partial charge in [0.05, 0.1) is 29.9 Å². The Labute approximate surface area is 183 Å². The van der Waals surface area contributed by atoms with E-state index in [9.17, 15) is 9.81 Å². The fraction of sp³-hybridized carbons (Fsp3) is 0.700. The van der Waals surface area contributed by atoms with Gasteiger partial charge in [0, 0.05) is 28.2 Å². The van der Waals surface area contributed by atoms with E-state index in [1.165, 1.54) is 25.2 Å². The maximum absolute atomic E-state index is 9.62. The van der Waals surface area contributed by atoms with Gasteiger partial charge < -0.3 is 0 Å². The molecule has 10 nitrogen and oxygen atoms in total. The zero-order valence-corrected chi connectivity index (χ0v) is 21.5. The quantitative estimate of drug-likeness (QED) is 0.174. The second-order valence-electron chi connectivity index (χ2n) is 5.01. The van der Waals surface area contributed by atoms with Crippen LogP contribution in [0.25, 0.3) is 0 Å². The third kappa shape index (κ3) is 180. The highest BCUT2D eigenvalue weighted by Crippen LogP contribution is 1.89. The SMILES string of the molecule is CC#CC.CC(C)=C=C(C)C.CN=C=NC.CN=NC.CN[N+](C)=O.CN[N+](C)=O. The molecule has 0 atom stereocenters. The number of azo groups is 1. The number of nitrogens with one attached hydrogen (secondary N) is 2. The van der Waals surface area contributed by atoms with Crippen molar-refractivity contribution in [2.24, 2.45) is 20.2 Å². The van der Waals surface area contributed by atoms with Crippen LogP contribution in [0.1, 0.15) is 41.5 Å². The van der Waals surface area contributed by atoms with Crippen molar-refractivity contribution < 1.29 is 9.74 Å². The molecule has 0 aromatic carbocycles. The summed E-state index contributed by atoms with van der Waals surface area (Å²) < 4.78 is 0. The van der Waals surface area contributed by atoms with Crippen LogP contribution in [0.4, 0.5) is 0 Å². The lowest BCUT2D eigenvalue weighted by molar-refractivity contribution is -0.575. The molecule has 2 N–H and O–H groups in total. The Morgan fingerprint density at radius 3 is 0.933 bits per heavy atom. The van der Waals surface area contributed by atoms with Crippen molar-refractivity contribution >= 4 is 6.01 Å². The molecule has 0 aromatic heterocycles. The van der Waals surface area contributed by atoms with E-state index in [0.29, 0.717) is 9.74 Å². The predicted octanol–water partition coefficient (Wildman–Crippen LogP) is 3.72. The molecule has 0 saturated carbocycles. The van der Waals surface area contributed by atoms with E-state index in [-0.39, 0.29) is 0 Å². The molecule has 0 radical (unpaired) electrons. The van der Waals surface area contributed by atoms with Gasteiger partial charge in [-0.05, 0) is 52.7 Å². The minimum atomic E-state index is 0.625. The topological polar surface area (TPSA) is 114 Å². The van der Waals surface area contributed by atoms with Crippen LogP contribution in [0, 0.1) is 21.7 Å². The summed E-state index contributed by atoms with van der Waals surface area (Å²) in [7, 11) is 12.4. The van der Waals surface area contributed by atoms with Crippen LogP contribution in [0.3, 0.4) is 0 Å². The van der Waals surface area contributed by atoms with E-state index >= 15 is 0 Å². The van der Waals surface area contributed by atoms with Gasteiger partial charge in [-0.2, -0.15) is 21.1 Å². The fourth-order valence-corrected chi connectivity index (χ4v) is 0.600. The zero-order chi connectivity index (χ0) is 25.4. The Morgan fingerprint density at radius 1 is 0.700 bits per heavy atom. The van der Waals surface area contributed by atoms with Gasteiger partial charge in [0.15, 0.2) is 0 Å². The Hall–Kier alpha value is -3.14. The van der Waals surface area contributed by atoms with E-state index in [1.807, 2.05) is 41.5 Å². The van der Waals surface area contributed by atoms with Crippen molar-refractivity contribution in [3.8, 4) is 11.8 Å². The van der Waals surface area contributed by atoms with Crippen LogP contribution in [0.5, 0.6) is 0 Å². The van der Waals surface area contributed by atoms with Crippen molar-refractivity contribution in [3.63, 3.8) is 0 Å². The van der Waals surface area contributed by atoms with E-state index in [4.69, 9.17) is 0 Å². The molecule has 0 aliphatic carbocycles. The molecule has 174 valence electrons. The summed E-state index contributed by atoms with van der Waals surface area (Å²) in [5, 5.41) is 6.72. The van der Waals surface area contributed by atoms with E-state index in [1.54, 1.807) is 42.3 Å². The number of allylic oxidation sites excluding steroid dienone is 1. The smallest absolute Gasteiger partial charge is 0.215 e. The van der Waals surface area contributed by atoms with Gasteiger partial charge in [-0.3, -0.25) is 0 Å². The summed E-state index contributed by atoms with van der Waals surface area (Å²) in [5.41, 5.74) is 10.2. The van der Waals surface area contributed by atoms with Gasteiger partial charge in [0.25, 0.3) is 0 Å². The van der Waals surface area contributed by atoms with Crippen molar-refractivity contribution in [2.75, 3.05) is 56.4 Å². The molecule has 0 bridgehead atoms. The first-order valence-electron chi connectivity index (χ1n) is 8.89. The number of rotatable bonds is 2. The van der Waals surface area contributed by atoms with Crippen LogP contribution in [0.15, 0.2) is 37.1 Å². The number of hydrogen-bond donors (Lipinski definition) is 2. The molecule has 10 heteroatoms. The van der Waals surface area contributed by atoms with Gasteiger partial charge >= 0.3 is 0 Å². The van der Waals surface area contributed by atoms with Crippen molar-refractivity contribution in [1.29, 1.82) is 0 Å². The zero-order valence-electron chi connectivity index (χ0n) is 21.5. The normalized spacial score (nSPS) is 6.60. The highest BCUT2D eigenvalue weighted by Gasteiger charge is 1.79. The summed E-state index contributed by atoms with van der Waals surface area (Å²) in [5.74, 6) is 5.36. The first kappa shape index (κ1) is 41.3.